The largest absolute Gasteiger partial charge is 0.497 e. The fraction of sp³-hybridized carbons (Fsp3) is 0.111. The summed E-state index contributed by atoms with van der Waals surface area (Å²) < 4.78 is 8.15. The van der Waals surface area contributed by atoms with Gasteiger partial charge in [-0.15, -0.1) is 0 Å². The number of nitrogens with one attached hydrogen (secondary N) is 1. The summed E-state index contributed by atoms with van der Waals surface area (Å²) in [5, 5.41) is 17.3. The summed E-state index contributed by atoms with van der Waals surface area (Å²) in [4.78, 5) is 26.0. The molecule has 0 aliphatic rings. The molecule has 3 heterocycles. The Bertz CT molecular complexity index is 1190. The van der Waals surface area contributed by atoms with E-state index < -0.39 is 11.5 Å². The highest BCUT2D eigenvalue weighted by molar-refractivity contribution is 5.87. The van der Waals surface area contributed by atoms with Crippen LogP contribution in [-0.4, -0.2) is 42.6 Å². The van der Waals surface area contributed by atoms with Crippen molar-refractivity contribution >= 4 is 11.5 Å². The zero-order chi connectivity index (χ0) is 19.0. The highest BCUT2D eigenvalue weighted by atomic mass is 16.5. The third-order valence-electron chi connectivity index (χ3n) is 4.13. The number of carboxylic acids is 1. The molecule has 1 aromatic carbocycles. The van der Waals surface area contributed by atoms with Crippen LogP contribution in [0.5, 0.6) is 5.75 Å². The van der Waals surface area contributed by atoms with E-state index in [2.05, 4.69) is 15.2 Å². The van der Waals surface area contributed by atoms with Gasteiger partial charge in [-0.1, -0.05) is 12.1 Å². The van der Waals surface area contributed by atoms with E-state index in [1.807, 2.05) is 24.3 Å². The van der Waals surface area contributed by atoms with Crippen molar-refractivity contribution in [1.29, 1.82) is 0 Å². The molecule has 0 aliphatic heterocycles. The number of aromatic carboxylic acids is 1. The van der Waals surface area contributed by atoms with E-state index in [9.17, 15) is 9.59 Å². The molecule has 27 heavy (non-hydrogen) atoms. The Kier molecular flexibility index (Phi) is 3.96. The number of ether oxygens (including phenoxy) is 1. The number of methoxy groups -OCH3 is 1. The lowest BCUT2D eigenvalue weighted by atomic mass is 10.2. The predicted molar refractivity (Wildman–Crippen MR) is 96.1 cm³/mol. The Labute approximate surface area is 152 Å². The van der Waals surface area contributed by atoms with E-state index in [1.165, 1.54) is 10.6 Å². The monoisotopic (exact) mass is 365 g/mol. The van der Waals surface area contributed by atoms with Crippen LogP contribution in [-0.2, 0) is 6.54 Å². The maximum absolute atomic E-state index is 12.2. The van der Waals surface area contributed by atoms with Gasteiger partial charge in [0.1, 0.15) is 11.3 Å². The van der Waals surface area contributed by atoms with Gasteiger partial charge >= 0.3 is 5.97 Å². The van der Waals surface area contributed by atoms with Crippen LogP contribution in [0, 0.1) is 0 Å². The summed E-state index contributed by atoms with van der Waals surface area (Å²) >= 11 is 0. The molecule has 0 unspecified atom stereocenters. The molecule has 0 saturated heterocycles. The van der Waals surface area contributed by atoms with Crippen molar-refractivity contribution < 1.29 is 14.6 Å². The first kappa shape index (κ1) is 16.6. The molecule has 0 aliphatic carbocycles. The van der Waals surface area contributed by atoms with E-state index in [0.717, 1.165) is 11.3 Å². The SMILES string of the molecule is COc1ccc(Cn2cc(-c3cn4nc(C(=O)O)cc4c(=O)[nH]3)cn2)cc1. The average molecular weight is 365 g/mol. The molecule has 0 spiro atoms. The Morgan fingerprint density at radius 3 is 2.74 bits per heavy atom. The smallest absolute Gasteiger partial charge is 0.356 e. The van der Waals surface area contributed by atoms with Crippen molar-refractivity contribution in [1.82, 2.24) is 24.4 Å². The first-order chi connectivity index (χ1) is 13.0. The van der Waals surface area contributed by atoms with Gasteiger partial charge in [0.25, 0.3) is 5.56 Å². The van der Waals surface area contributed by atoms with Gasteiger partial charge in [-0.25, -0.2) is 9.31 Å². The topological polar surface area (TPSA) is 115 Å². The maximum atomic E-state index is 12.2. The first-order valence-corrected chi connectivity index (χ1v) is 8.05. The quantitative estimate of drug-likeness (QED) is 0.556. The van der Waals surface area contributed by atoms with Crippen LogP contribution < -0.4 is 10.3 Å². The second-order valence-electron chi connectivity index (χ2n) is 5.94. The molecule has 0 saturated carbocycles. The normalized spacial score (nSPS) is 11.0. The van der Waals surface area contributed by atoms with Crippen LogP contribution in [0.4, 0.5) is 0 Å². The molecule has 4 rings (SSSR count). The van der Waals surface area contributed by atoms with E-state index in [-0.39, 0.29) is 11.2 Å². The van der Waals surface area contributed by atoms with Crippen molar-refractivity contribution in [2.75, 3.05) is 7.11 Å². The highest BCUT2D eigenvalue weighted by Crippen LogP contribution is 2.17. The number of rotatable bonds is 5. The van der Waals surface area contributed by atoms with Gasteiger partial charge in [-0.2, -0.15) is 10.2 Å². The summed E-state index contributed by atoms with van der Waals surface area (Å²) in [7, 11) is 1.62. The molecule has 0 bridgehead atoms. The van der Waals surface area contributed by atoms with E-state index in [4.69, 9.17) is 9.84 Å². The van der Waals surface area contributed by atoms with Crippen LogP contribution in [0.1, 0.15) is 16.1 Å². The number of hydrogen-bond acceptors (Lipinski definition) is 5. The number of nitrogens with zero attached hydrogens (tertiary/aromatic N) is 4. The number of aromatic nitrogens is 5. The van der Waals surface area contributed by atoms with Crippen LogP contribution >= 0.6 is 0 Å². The minimum atomic E-state index is -1.19. The molecule has 3 aromatic heterocycles. The first-order valence-electron chi connectivity index (χ1n) is 8.05. The Hall–Kier alpha value is -3.88. The molecule has 2 N–H and O–H groups in total. The molecule has 4 aromatic rings. The van der Waals surface area contributed by atoms with Gasteiger partial charge in [0, 0.05) is 17.8 Å². The van der Waals surface area contributed by atoms with Crippen molar-refractivity contribution in [2.45, 2.75) is 6.54 Å². The van der Waals surface area contributed by atoms with E-state index >= 15 is 0 Å². The van der Waals surface area contributed by atoms with Crippen LogP contribution in [0.2, 0.25) is 0 Å². The highest BCUT2D eigenvalue weighted by Gasteiger charge is 2.13. The number of carboxylic acid groups (broad SMARTS) is 1. The van der Waals surface area contributed by atoms with E-state index in [1.54, 1.807) is 30.4 Å². The molecule has 9 heteroatoms. The summed E-state index contributed by atoms with van der Waals surface area (Å²) in [6, 6.07) is 8.89. The van der Waals surface area contributed by atoms with Crippen molar-refractivity contribution in [2.24, 2.45) is 0 Å². The van der Waals surface area contributed by atoms with Crippen molar-refractivity contribution in [3.8, 4) is 17.0 Å². The van der Waals surface area contributed by atoms with Crippen LogP contribution in [0.3, 0.4) is 0 Å². The number of hydrogen-bond donors (Lipinski definition) is 2. The summed E-state index contributed by atoms with van der Waals surface area (Å²) in [5.41, 5.74) is 1.79. The lowest BCUT2D eigenvalue weighted by Crippen LogP contribution is -2.10. The summed E-state index contributed by atoms with van der Waals surface area (Å²) in [5.74, 6) is -0.405. The van der Waals surface area contributed by atoms with Gasteiger partial charge < -0.3 is 14.8 Å². The fourth-order valence-electron chi connectivity index (χ4n) is 2.76. The zero-order valence-electron chi connectivity index (χ0n) is 14.3. The second-order valence-corrected chi connectivity index (χ2v) is 5.94. The van der Waals surface area contributed by atoms with Crippen LogP contribution in [0.15, 0.2) is 53.7 Å². The standard InChI is InChI=1S/C18H15N5O4/c1-27-13-4-2-11(3-5-13)8-22-9-12(7-19-22)15-10-23-16(17(24)20-15)6-14(21-23)18(25)26/h2-7,9-10H,8H2,1H3,(H,20,24)(H,25,26). The maximum Gasteiger partial charge on any atom is 0.356 e. The van der Waals surface area contributed by atoms with Crippen molar-refractivity contribution in [3.05, 3.63) is 70.5 Å². The fourth-order valence-corrected chi connectivity index (χ4v) is 2.76. The molecule has 0 atom stereocenters. The summed E-state index contributed by atoms with van der Waals surface area (Å²) in [6.45, 7) is 0.557. The Morgan fingerprint density at radius 2 is 2.04 bits per heavy atom. The minimum absolute atomic E-state index is 0.168. The second kappa shape index (κ2) is 6.45. The molecular weight excluding hydrogens is 350 g/mol. The van der Waals surface area contributed by atoms with Gasteiger partial charge in [0.05, 0.1) is 31.7 Å². The van der Waals surface area contributed by atoms with E-state index in [0.29, 0.717) is 17.8 Å². The zero-order valence-corrected chi connectivity index (χ0v) is 14.3. The van der Waals surface area contributed by atoms with Crippen molar-refractivity contribution in [3.63, 3.8) is 0 Å². The molecule has 0 radical (unpaired) electrons. The average Bonchev–Trinajstić information content (AvgIpc) is 3.29. The number of fused-ring (bicyclic) bond motifs is 1. The molecule has 0 fully saturated rings. The molecule has 136 valence electrons. The third kappa shape index (κ3) is 3.17. The van der Waals surface area contributed by atoms with Gasteiger partial charge in [0.2, 0.25) is 0 Å². The predicted octanol–water partition coefficient (Wildman–Crippen LogP) is 1.64. The van der Waals surface area contributed by atoms with Crippen LogP contribution in [0.25, 0.3) is 16.8 Å². The molecular formula is C18H15N5O4. The van der Waals surface area contributed by atoms with Gasteiger partial charge in [-0.05, 0) is 17.7 Å². The lowest BCUT2D eigenvalue weighted by molar-refractivity contribution is 0.0690. The molecule has 9 nitrogen and oxygen atoms in total. The molecule has 0 amide bonds. The van der Waals surface area contributed by atoms with Gasteiger partial charge in [0.15, 0.2) is 5.69 Å². The minimum Gasteiger partial charge on any atom is -0.497 e. The number of benzene rings is 1. The number of H-pyrrole nitrogens is 1. The number of aromatic amines is 1. The lowest BCUT2D eigenvalue weighted by Gasteiger charge is -2.04. The third-order valence-corrected chi connectivity index (χ3v) is 4.13. The Morgan fingerprint density at radius 1 is 1.26 bits per heavy atom. The van der Waals surface area contributed by atoms with Gasteiger partial charge in [-0.3, -0.25) is 9.48 Å². The number of carbonyl (C=O) groups is 1. The summed E-state index contributed by atoms with van der Waals surface area (Å²) in [6.07, 6.45) is 4.99. The Balaban J connectivity index is 1.64.